The summed E-state index contributed by atoms with van der Waals surface area (Å²) in [7, 11) is 0. The highest BCUT2D eigenvalue weighted by Crippen LogP contribution is 2.17. The molecule has 0 heterocycles. The van der Waals surface area contributed by atoms with Crippen molar-refractivity contribution < 1.29 is 24.2 Å². The van der Waals surface area contributed by atoms with Gasteiger partial charge in [0.15, 0.2) is 6.10 Å². The van der Waals surface area contributed by atoms with Gasteiger partial charge in [-0.1, -0.05) is 90.4 Å². The second-order valence-electron chi connectivity index (χ2n) is 7.86. The number of unbranched alkanes of at least 4 members (excludes halogenated alkanes) is 13. The second-order valence-corrected chi connectivity index (χ2v) is 7.86. The van der Waals surface area contributed by atoms with Gasteiger partial charge >= 0.3 is 11.9 Å². The summed E-state index contributed by atoms with van der Waals surface area (Å²) in [5.74, 6) is -0.891. The molecule has 0 aliphatic carbocycles. The van der Waals surface area contributed by atoms with Gasteiger partial charge in [-0.3, -0.25) is 9.59 Å². The molecule has 28 heavy (non-hydrogen) atoms. The summed E-state index contributed by atoms with van der Waals surface area (Å²) in [4.78, 5) is 22.4. The van der Waals surface area contributed by atoms with Crippen molar-refractivity contribution in [1.29, 1.82) is 0 Å². The van der Waals surface area contributed by atoms with E-state index in [2.05, 4.69) is 6.92 Å². The molecule has 0 aliphatic rings. The Balaban J connectivity index is 3.69. The van der Waals surface area contributed by atoms with Crippen LogP contribution in [0.15, 0.2) is 0 Å². The number of aliphatic hydroxyl groups is 1. The number of rotatable bonds is 19. The fourth-order valence-electron chi connectivity index (χ4n) is 3.52. The molecule has 0 aromatic rings. The van der Waals surface area contributed by atoms with Crippen LogP contribution in [0.5, 0.6) is 0 Å². The highest BCUT2D eigenvalue weighted by Gasteiger charge is 2.26. The molecular weight excluding hydrogens is 356 g/mol. The molecule has 5 heteroatoms. The number of esters is 2. The lowest BCUT2D eigenvalue weighted by molar-refractivity contribution is -0.169. The molecule has 0 aromatic heterocycles. The normalized spacial score (nSPS) is 13.1. The molecule has 0 fully saturated rings. The Bertz CT molecular complexity index is 383. The Morgan fingerprint density at radius 3 is 1.36 bits per heavy atom. The van der Waals surface area contributed by atoms with Gasteiger partial charge in [0.25, 0.3) is 0 Å². The molecule has 166 valence electrons. The molecule has 0 aromatic carbocycles. The number of ether oxygens (including phenoxy) is 2. The number of aliphatic hydroxyl groups excluding tert-OH is 1. The molecule has 0 rings (SSSR count). The van der Waals surface area contributed by atoms with Crippen molar-refractivity contribution in [3.05, 3.63) is 0 Å². The Hall–Kier alpha value is -1.10. The first-order valence-corrected chi connectivity index (χ1v) is 11.5. The Kier molecular flexibility index (Phi) is 18.5. The van der Waals surface area contributed by atoms with Crippen LogP contribution in [0.2, 0.25) is 0 Å². The van der Waals surface area contributed by atoms with Crippen LogP contribution in [-0.4, -0.2) is 35.9 Å². The number of carbonyl (C=O) groups is 2. The van der Waals surface area contributed by atoms with E-state index in [4.69, 9.17) is 9.47 Å². The van der Waals surface area contributed by atoms with Gasteiger partial charge in [0.2, 0.25) is 0 Å². The average Bonchev–Trinajstić information content (AvgIpc) is 2.65. The van der Waals surface area contributed by atoms with Gasteiger partial charge in [0.05, 0.1) is 6.61 Å². The van der Waals surface area contributed by atoms with Crippen LogP contribution in [0.4, 0.5) is 0 Å². The minimum Gasteiger partial charge on any atom is -0.459 e. The highest BCUT2D eigenvalue weighted by atomic mass is 16.6. The minimum atomic E-state index is -0.775. The van der Waals surface area contributed by atoms with E-state index < -0.39 is 24.1 Å². The summed E-state index contributed by atoms with van der Waals surface area (Å²) in [6.07, 6.45) is 17.2. The fraction of sp³-hybridized carbons (Fsp3) is 0.913. The van der Waals surface area contributed by atoms with Gasteiger partial charge in [-0.05, 0) is 12.8 Å². The molecule has 2 unspecified atom stereocenters. The van der Waals surface area contributed by atoms with Crippen LogP contribution in [0.3, 0.4) is 0 Å². The first-order valence-electron chi connectivity index (χ1n) is 11.5. The molecular formula is C23H44O5. The molecule has 0 aliphatic heterocycles. The first kappa shape index (κ1) is 26.9. The van der Waals surface area contributed by atoms with Crippen LogP contribution in [0.1, 0.15) is 117 Å². The summed E-state index contributed by atoms with van der Waals surface area (Å²) in [5, 5.41) is 9.40. The third-order valence-electron chi connectivity index (χ3n) is 5.07. The SMILES string of the molecule is CCCCCCCCCCCCCCCCC(OC(C)=O)C(CO)OC(C)=O. The molecule has 0 saturated carbocycles. The summed E-state index contributed by atoms with van der Waals surface area (Å²) in [6, 6.07) is 0. The van der Waals surface area contributed by atoms with Gasteiger partial charge < -0.3 is 14.6 Å². The van der Waals surface area contributed by atoms with E-state index in [1.54, 1.807) is 0 Å². The second kappa shape index (κ2) is 19.2. The quantitative estimate of drug-likeness (QED) is 0.222. The molecule has 0 amide bonds. The lowest BCUT2D eigenvalue weighted by atomic mass is 10.0. The van der Waals surface area contributed by atoms with Crippen LogP contribution >= 0.6 is 0 Å². The standard InChI is InChI=1S/C23H44O5/c1-4-5-6-7-8-9-10-11-12-13-14-15-16-17-18-22(27-20(2)25)23(19-24)28-21(3)26/h22-24H,4-19H2,1-3H3. The number of hydrogen-bond donors (Lipinski definition) is 1. The van der Waals surface area contributed by atoms with E-state index in [1.165, 1.54) is 90.9 Å². The van der Waals surface area contributed by atoms with Gasteiger partial charge in [0, 0.05) is 13.8 Å². The Morgan fingerprint density at radius 2 is 1.00 bits per heavy atom. The van der Waals surface area contributed by atoms with Crippen LogP contribution in [-0.2, 0) is 19.1 Å². The monoisotopic (exact) mass is 400 g/mol. The van der Waals surface area contributed by atoms with Gasteiger partial charge in [-0.15, -0.1) is 0 Å². The van der Waals surface area contributed by atoms with Crippen molar-refractivity contribution in [2.75, 3.05) is 6.61 Å². The molecule has 1 N–H and O–H groups in total. The third kappa shape index (κ3) is 17.0. The lowest BCUT2D eigenvalue weighted by Crippen LogP contribution is -2.37. The topological polar surface area (TPSA) is 72.8 Å². The summed E-state index contributed by atoms with van der Waals surface area (Å²) >= 11 is 0. The van der Waals surface area contributed by atoms with E-state index in [-0.39, 0.29) is 6.61 Å². The van der Waals surface area contributed by atoms with Crippen LogP contribution in [0, 0.1) is 0 Å². The van der Waals surface area contributed by atoms with Gasteiger partial charge in [0.1, 0.15) is 6.10 Å². The van der Waals surface area contributed by atoms with Crippen molar-refractivity contribution in [3.63, 3.8) is 0 Å². The van der Waals surface area contributed by atoms with Gasteiger partial charge in [-0.25, -0.2) is 0 Å². The smallest absolute Gasteiger partial charge is 0.303 e. The van der Waals surface area contributed by atoms with Crippen molar-refractivity contribution >= 4 is 11.9 Å². The first-order chi connectivity index (χ1) is 13.5. The maximum Gasteiger partial charge on any atom is 0.303 e. The third-order valence-corrected chi connectivity index (χ3v) is 5.07. The molecule has 0 bridgehead atoms. The van der Waals surface area contributed by atoms with E-state index in [0.717, 1.165) is 12.8 Å². The van der Waals surface area contributed by atoms with Crippen LogP contribution < -0.4 is 0 Å². The van der Waals surface area contributed by atoms with Crippen LogP contribution in [0.25, 0.3) is 0 Å². The van der Waals surface area contributed by atoms with Crippen molar-refractivity contribution in [1.82, 2.24) is 0 Å². The molecule has 0 saturated heterocycles. The summed E-state index contributed by atoms with van der Waals surface area (Å²) < 4.78 is 10.3. The lowest BCUT2D eigenvalue weighted by Gasteiger charge is -2.24. The zero-order chi connectivity index (χ0) is 21.0. The van der Waals surface area contributed by atoms with Crippen molar-refractivity contribution in [2.45, 2.75) is 129 Å². The van der Waals surface area contributed by atoms with E-state index in [1.807, 2.05) is 0 Å². The Labute approximate surface area is 172 Å². The van der Waals surface area contributed by atoms with E-state index in [9.17, 15) is 14.7 Å². The number of carbonyl (C=O) groups excluding carboxylic acids is 2. The van der Waals surface area contributed by atoms with Crippen molar-refractivity contribution in [3.8, 4) is 0 Å². The van der Waals surface area contributed by atoms with E-state index in [0.29, 0.717) is 6.42 Å². The molecule has 2 atom stereocenters. The highest BCUT2D eigenvalue weighted by molar-refractivity contribution is 5.67. The zero-order valence-electron chi connectivity index (χ0n) is 18.5. The average molecular weight is 401 g/mol. The van der Waals surface area contributed by atoms with Gasteiger partial charge in [-0.2, -0.15) is 0 Å². The molecule has 0 spiro atoms. The predicted octanol–water partition coefficient (Wildman–Crippen LogP) is 5.71. The predicted molar refractivity (Wildman–Crippen MR) is 113 cm³/mol. The fourth-order valence-corrected chi connectivity index (χ4v) is 3.52. The van der Waals surface area contributed by atoms with E-state index >= 15 is 0 Å². The summed E-state index contributed by atoms with van der Waals surface area (Å²) in [5.41, 5.74) is 0. The number of hydrogen-bond acceptors (Lipinski definition) is 5. The van der Waals surface area contributed by atoms with Crippen molar-refractivity contribution in [2.24, 2.45) is 0 Å². The zero-order valence-corrected chi connectivity index (χ0v) is 18.5. The molecule has 0 radical (unpaired) electrons. The maximum atomic E-state index is 11.3. The Morgan fingerprint density at radius 1 is 0.643 bits per heavy atom. The minimum absolute atomic E-state index is 0.337. The largest absolute Gasteiger partial charge is 0.459 e. The molecule has 5 nitrogen and oxygen atoms in total. The summed E-state index contributed by atoms with van der Waals surface area (Å²) in [6.45, 7) is 4.55. The maximum absolute atomic E-state index is 11.3.